The minimum Gasteiger partial charge on any atom is -0.492 e. The van der Waals surface area contributed by atoms with Gasteiger partial charge in [0.1, 0.15) is 12.1 Å². The summed E-state index contributed by atoms with van der Waals surface area (Å²) in [4.78, 5) is 0. The third-order valence-electron chi connectivity index (χ3n) is 2.95. The molecule has 4 nitrogen and oxygen atoms in total. The molecule has 0 radical (unpaired) electrons. The maximum atomic E-state index is 5.89. The first-order chi connectivity index (χ1) is 9.74. The van der Waals surface area contributed by atoms with Crippen LogP contribution in [-0.4, -0.2) is 27.1 Å². The van der Waals surface area contributed by atoms with E-state index in [9.17, 15) is 0 Å². The van der Waals surface area contributed by atoms with Crippen molar-refractivity contribution < 1.29 is 4.74 Å². The smallest absolute Gasteiger partial charge is 0.191 e. The second-order valence-corrected chi connectivity index (χ2v) is 6.88. The lowest BCUT2D eigenvalue weighted by atomic mass is 10.3. The molecule has 2 aromatic rings. The first-order valence-electron chi connectivity index (χ1n) is 6.34. The molecule has 0 amide bonds. The van der Waals surface area contributed by atoms with Crippen LogP contribution in [0.2, 0.25) is 5.02 Å². The Hall–Kier alpha value is -0.720. The van der Waals surface area contributed by atoms with E-state index in [-0.39, 0.29) is 0 Å². The van der Waals surface area contributed by atoms with Gasteiger partial charge in [-0.3, -0.25) is 0 Å². The SMILES string of the molecule is Clc1ccc(OCCSc2nncn2C2CC2)c(Br)c1. The number of benzene rings is 1. The molecule has 0 N–H and O–H groups in total. The van der Waals surface area contributed by atoms with Crippen LogP contribution in [0.4, 0.5) is 0 Å². The van der Waals surface area contributed by atoms with Gasteiger partial charge in [0.25, 0.3) is 0 Å². The van der Waals surface area contributed by atoms with E-state index in [0.717, 1.165) is 21.1 Å². The van der Waals surface area contributed by atoms with E-state index < -0.39 is 0 Å². The van der Waals surface area contributed by atoms with Gasteiger partial charge in [0.15, 0.2) is 5.16 Å². The average Bonchev–Trinajstić information content (AvgIpc) is 3.16. The lowest BCUT2D eigenvalue weighted by molar-refractivity contribution is 0.341. The van der Waals surface area contributed by atoms with Crippen LogP contribution in [0.25, 0.3) is 0 Å². The summed E-state index contributed by atoms with van der Waals surface area (Å²) in [5, 5.41) is 9.79. The molecule has 1 aliphatic carbocycles. The topological polar surface area (TPSA) is 39.9 Å². The Bertz CT molecular complexity index is 603. The van der Waals surface area contributed by atoms with Crippen molar-refractivity contribution in [2.75, 3.05) is 12.4 Å². The number of rotatable bonds is 6. The summed E-state index contributed by atoms with van der Waals surface area (Å²) in [7, 11) is 0. The van der Waals surface area contributed by atoms with E-state index in [2.05, 4.69) is 30.7 Å². The van der Waals surface area contributed by atoms with Crippen LogP contribution in [0.5, 0.6) is 5.75 Å². The highest BCUT2D eigenvalue weighted by atomic mass is 79.9. The van der Waals surface area contributed by atoms with Crippen LogP contribution in [-0.2, 0) is 0 Å². The van der Waals surface area contributed by atoms with Gasteiger partial charge in [-0.05, 0) is 47.0 Å². The van der Waals surface area contributed by atoms with Gasteiger partial charge in [0.2, 0.25) is 0 Å². The van der Waals surface area contributed by atoms with E-state index in [1.54, 1.807) is 11.8 Å². The van der Waals surface area contributed by atoms with E-state index in [1.807, 2.05) is 24.5 Å². The summed E-state index contributed by atoms with van der Waals surface area (Å²) in [6.45, 7) is 0.614. The second kappa shape index (κ2) is 6.37. The first-order valence-corrected chi connectivity index (χ1v) is 8.50. The predicted molar refractivity (Wildman–Crippen MR) is 83.7 cm³/mol. The Morgan fingerprint density at radius 2 is 2.30 bits per heavy atom. The second-order valence-electron chi connectivity index (χ2n) is 4.52. The molecule has 1 aromatic heterocycles. The average molecular weight is 375 g/mol. The molecule has 7 heteroatoms. The lowest BCUT2D eigenvalue weighted by Crippen LogP contribution is -2.02. The van der Waals surface area contributed by atoms with Crippen LogP contribution in [0.1, 0.15) is 18.9 Å². The maximum Gasteiger partial charge on any atom is 0.191 e. The highest BCUT2D eigenvalue weighted by Crippen LogP contribution is 2.37. The summed E-state index contributed by atoms with van der Waals surface area (Å²) >= 11 is 11.0. The number of ether oxygens (including phenoxy) is 1. The molecule has 1 heterocycles. The van der Waals surface area contributed by atoms with Crippen molar-refractivity contribution in [2.45, 2.75) is 24.0 Å². The van der Waals surface area contributed by atoms with Gasteiger partial charge >= 0.3 is 0 Å². The van der Waals surface area contributed by atoms with Gasteiger partial charge in [0.05, 0.1) is 11.1 Å². The molecule has 0 spiro atoms. The fourth-order valence-corrected chi connectivity index (χ4v) is 3.41. The number of halogens is 2. The van der Waals surface area contributed by atoms with Crippen LogP contribution < -0.4 is 4.74 Å². The zero-order valence-electron chi connectivity index (χ0n) is 10.6. The maximum absolute atomic E-state index is 5.89. The highest BCUT2D eigenvalue weighted by Gasteiger charge is 2.26. The van der Waals surface area contributed by atoms with Crippen LogP contribution >= 0.6 is 39.3 Å². The zero-order valence-corrected chi connectivity index (χ0v) is 13.8. The summed E-state index contributed by atoms with van der Waals surface area (Å²) in [5.74, 6) is 1.64. The molecule has 1 fully saturated rings. The van der Waals surface area contributed by atoms with Crippen molar-refractivity contribution in [3.05, 3.63) is 34.0 Å². The van der Waals surface area contributed by atoms with E-state index >= 15 is 0 Å². The summed E-state index contributed by atoms with van der Waals surface area (Å²) in [6, 6.07) is 6.12. The van der Waals surface area contributed by atoms with Crippen LogP contribution in [0, 0.1) is 0 Å². The standard InChI is InChI=1S/C13H13BrClN3OS/c14-11-7-9(15)1-4-12(11)19-5-6-20-13-17-16-8-18(13)10-2-3-10/h1,4,7-8,10H,2-3,5-6H2. The third kappa shape index (κ3) is 3.48. The van der Waals surface area contributed by atoms with E-state index in [0.29, 0.717) is 17.7 Å². The lowest BCUT2D eigenvalue weighted by Gasteiger charge is -2.08. The number of nitrogens with zero attached hydrogens (tertiary/aromatic N) is 3. The Labute approximate surface area is 135 Å². The molecule has 1 aliphatic rings. The zero-order chi connectivity index (χ0) is 13.9. The van der Waals surface area contributed by atoms with Gasteiger partial charge in [-0.2, -0.15) is 0 Å². The summed E-state index contributed by atoms with van der Waals surface area (Å²) < 4.78 is 8.75. The molecule has 1 aromatic carbocycles. The Morgan fingerprint density at radius 3 is 3.05 bits per heavy atom. The van der Waals surface area contributed by atoms with Gasteiger partial charge in [-0.25, -0.2) is 0 Å². The van der Waals surface area contributed by atoms with Crippen molar-refractivity contribution in [1.82, 2.24) is 14.8 Å². The number of hydrogen-bond donors (Lipinski definition) is 0. The van der Waals surface area contributed by atoms with Crippen molar-refractivity contribution >= 4 is 39.3 Å². The Balaban J connectivity index is 1.49. The largest absolute Gasteiger partial charge is 0.492 e. The monoisotopic (exact) mass is 373 g/mol. The molecule has 0 unspecified atom stereocenters. The minimum absolute atomic E-state index is 0.610. The van der Waals surface area contributed by atoms with Crippen molar-refractivity contribution in [3.8, 4) is 5.75 Å². The molecule has 0 aliphatic heterocycles. The molecule has 20 heavy (non-hydrogen) atoms. The number of aromatic nitrogens is 3. The molecule has 0 atom stereocenters. The molecule has 0 bridgehead atoms. The number of thioether (sulfide) groups is 1. The fraction of sp³-hybridized carbons (Fsp3) is 0.385. The molecule has 0 saturated heterocycles. The Morgan fingerprint density at radius 1 is 1.45 bits per heavy atom. The molecular formula is C13H13BrClN3OS. The minimum atomic E-state index is 0.610. The van der Waals surface area contributed by atoms with E-state index in [4.69, 9.17) is 16.3 Å². The Kier molecular flexibility index (Phi) is 4.53. The normalized spacial score (nSPS) is 14.5. The third-order valence-corrected chi connectivity index (χ3v) is 4.72. The van der Waals surface area contributed by atoms with Gasteiger partial charge in [-0.1, -0.05) is 23.4 Å². The molecule has 1 saturated carbocycles. The van der Waals surface area contributed by atoms with Crippen LogP contribution in [0.15, 0.2) is 34.2 Å². The molecule has 106 valence electrons. The van der Waals surface area contributed by atoms with Crippen molar-refractivity contribution in [2.24, 2.45) is 0 Å². The van der Waals surface area contributed by atoms with Crippen molar-refractivity contribution in [3.63, 3.8) is 0 Å². The van der Waals surface area contributed by atoms with E-state index in [1.165, 1.54) is 12.8 Å². The van der Waals surface area contributed by atoms with Gasteiger partial charge in [0, 0.05) is 16.8 Å². The van der Waals surface area contributed by atoms with Gasteiger partial charge < -0.3 is 9.30 Å². The highest BCUT2D eigenvalue weighted by molar-refractivity contribution is 9.10. The fourth-order valence-electron chi connectivity index (χ4n) is 1.82. The first kappa shape index (κ1) is 14.2. The predicted octanol–water partition coefficient (Wildman–Crippen LogP) is 4.20. The molecular weight excluding hydrogens is 362 g/mol. The van der Waals surface area contributed by atoms with Crippen molar-refractivity contribution in [1.29, 1.82) is 0 Å². The molecule has 3 rings (SSSR count). The quantitative estimate of drug-likeness (QED) is 0.561. The summed E-state index contributed by atoms with van der Waals surface area (Å²) in [6.07, 6.45) is 4.29. The number of hydrogen-bond acceptors (Lipinski definition) is 4. The summed E-state index contributed by atoms with van der Waals surface area (Å²) in [5.41, 5.74) is 0. The van der Waals surface area contributed by atoms with Gasteiger partial charge in [-0.15, -0.1) is 10.2 Å². The van der Waals surface area contributed by atoms with Crippen LogP contribution in [0.3, 0.4) is 0 Å².